The zero-order valence-electron chi connectivity index (χ0n) is 8.04. The van der Waals surface area contributed by atoms with E-state index in [1.165, 1.54) is 0 Å². The Morgan fingerprint density at radius 1 is 1.31 bits per heavy atom. The van der Waals surface area contributed by atoms with Crippen molar-refractivity contribution < 1.29 is 26.7 Å². The van der Waals surface area contributed by atoms with Crippen molar-refractivity contribution in [3.63, 3.8) is 0 Å². The largest absolute Gasteiger partial charge is 0.506 e. The molecule has 0 spiro atoms. The van der Waals surface area contributed by atoms with E-state index in [4.69, 9.17) is 5.11 Å². The van der Waals surface area contributed by atoms with Gasteiger partial charge < -0.3 is 5.11 Å². The van der Waals surface area contributed by atoms with Crippen molar-refractivity contribution in [3.05, 3.63) is 23.8 Å². The van der Waals surface area contributed by atoms with E-state index in [0.717, 1.165) is 12.3 Å². The highest BCUT2D eigenvalue weighted by molar-refractivity contribution is 7.92. The first-order chi connectivity index (χ1) is 7.09. The average molecular weight is 255 g/mol. The summed E-state index contributed by atoms with van der Waals surface area (Å²) in [5.41, 5.74) is -1.55. The number of aromatic hydroxyl groups is 1. The fourth-order valence-corrected chi connectivity index (χ4v) is 1.56. The number of sulfonamides is 1. The lowest BCUT2D eigenvalue weighted by atomic mass is 10.2. The van der Waals surface area contributed by atoms with Gasteiger partial charge in [-0.05, 0) is 18.2 Å². The highest BCUT2D eigenvalue weighted by atomic mass is 32.2. The van der Waals surface area contributed by atoms with Gasteiger partial charge in [0.15, 0.2) is 0 Å². The number of benzene rings is 1. The van der Waals surface area contributed by atoms with Gasteiger partial charge in [-0.25, -0.2) is 8.42 Å². The third-order valence-electron chi connectivity index (χ3n) is 1.62. The first kappa shape index (κ1) is 12.6. The lowest BCUT2D eigenvalue weighted by Gasteiger charge is -2.10. The van der Waals surface area contributed by atoms with Crippen molar-refractivity contribution in [2.75, 3.05) is 11.0 Å². The summed E-state index contributed by atoms with van der Waals surface area (Å²) in [4.78, 5) is 0. The molecule has 1 aromatic rings. The normalized spacial score (nSPS) is 12.5. The second kappa shape index (κ2) is 3.85. The maximum Gasteiger partial charge on any atom is 0.416 e. The number of anilines is 1. The Morgan fingerprint density at radius 2 is 1.88 bits per heavy atom. The molecule has 0 aliphatic rings. The van der Waals surface area contributed by atoms with Crippen molar-refractivity contribution in [1.29, 1.82) is 0 Å². The molecule has 0 bridgehead atoms. The second-order valence-electron chi connectivity index (χ2n) is 3.10. The number of hydrogen-bond donors (Lipinski definition) is 2. The van der Waals surface area contributed by atoms with Crippen LogP contribution in [0.4, 0.5) is 18.9 Å². The van der Waals surface area contributed by atoms with E-state index in [1.807, 2.05) is 0 Å². The molecule has 0 atom stereocenters. The fourth-order valence-electron chi connectivity index (χ4n) is 0.994. The van der Waals surface area contributed by atoms with Crippen molar-refractivity contribution in [2.24, 2.45) is 0 Å². The molecule has 8 heteroatoms. The number of halogens is 3. The summed E-state index contributed by atoms with van der Waals surface area (Å²) in [5.74, 6) is -0.571. The van der Waals surface area contributed by atoms with Gasteiger partial charge in [-0.15, -0.1) is 0 Å². The minimum Gasteiger partial charge on any atom is -0.506 e. The predicted molar refractivity (Wildman–Crippen MR) is 51.6 cm³/mol. The Morgan fingerprint density at radius 3 is 2.31 bits per heavy atom. The van der Waals surface area contributed by atoms with Crippen molar-refractivity contribution in [3.8, 4) is 5.75 Å². The topological polar surface area (TPSA) is 66.4 Å². The summed E-state index contributed by atoms with van der Waals surface area (Å²) in [6.07, 6.45) is -3.83. The van der Waals surface area contributed by atoms with Crippen LogP contribution in [0.1, 0.15) is 5.56 Å². The molecule has 0 radical (unpaired) electrons. The summed E-state index contributed by atoms with van der Waals surface area (Å²) in [6.45, 7) is 0. The molecular weight excluding hydrogens is 247 g/mol. The van der Waals surface area contributed by atoms with E-state index in [2.05, 4.69) is 0 Å². The van der Waals surface area contributed by atoms with E-state index in [1.54, 1.807) is 4.72 Å². The molecule has 16 heavy (non-hydrogen) atoms. The van der Waals surface area contributed by atoms with E-state index in [0.29, 0.717) is 12.1 Å². The Balaban J connectivity index is 3.20. The number of nitrogens with one attached hydrogen (secondary N) is 1. The van der Waals surface area contributed by atoms with Crippen LogP contribution in [0.2, 0.25) is 0 Å². The van der Waals surface area contributed by atoms with Crippen molar-refractivity contribution >= 4 is 15.7 Å². The lowest BCUT2D eigenvalue weighted by Crippen LogP contribution is -2.11. The van der Waals surface area contributed by atoms with Crippen LogP contribution < -0.4 is 4.72 Å². The van der Waals surface area contributed by atoms with Gasteiger partial charge >= 0.3 is 6.18 Å². The van der Waals surface area contributed by atoms with Crippen LogP contribution in [0.25, 0.3) is 0 Å². The van der Waals surface area contributed by atoms with Gasteiger partial charge in [-0.3, -0.25) is 4.72 Å². The van der Waals surface area contributed by atoms with Gasteiger partial charge in [0.1, 0.15) is 5.75 Å². The van der Waals surface area contributed by atoms with Crippen LogP contribution >= 0.6 is 0 Å². The number of rotatable bonds is 2. The third-order valence-corrected chi connectivity index (χ3v) is 2.21. The van der Waals surface area contributed by atoms with Crippen molar-refractivity contribution in [1.82, 2.24) is 0 Å². The van der Waals surface area contributed by atoms with Crippen molar-refractivity contribution in [2.45, 2.75) is 6.18 Å². The first-order valence-corrected chi connectivity index (χ1v) is 5.87. The van der Waals surface area contributed by atoms with E-state index < -0.39 is 33.2 Å². The summed E-state index contributed by atoms with van der Waals surface area (Å²) in [6, 6.07) is 1.95. The Bertz CT molecular complexity index is 496. The zero-order valence-corrected chi connectivity index (χ0v) is 8.85. The Labute approximate surface area is 89.8 Å². The van der Waals surface area contributed by atoms with Gasteiger partial charge in [-0.2, -0.15) is 13.2 Å². The molecule has 0 amide bonds. The summed E-state index contributed by atoms with van der Waals surface area (Å²) in [5, 5.41) is 9.17. The number of phenols is 1. The van der Waals surface area contributed by atoms with Crippen LogP contribution in [-0.2, 0) is 16.2 Å². The van der Waals surface area contributed by atoms with Crippen LogP contribution in [-0.4, -0.2) is 19.8 Å². The molecule has 0 fully saturated rings. The molecule has 1 aromatic carbocycles. The Kier molecular flexibility index (Phi) is 3.04. The maximum atomic E-state index is 12.3. The molecular formula is C8H8F3NO3S. The smallest absolute Gasteiger partial charge is 0.416 e. The zero-order chi connectivity index (χ0) is 12.6. The molecule has 0 aromatic heterocycles. The quantitative estimate of drug-likeness (QED) is 0.792. The van der Waals surface area contributed by atoms with Gasteiger partial charge in [0.25, 0.3) is 0 Å². The summed E-state index contributed by atoms with van der Waals surface area (Å²) in [7, 11) is -3.74. The highest BCUT2D eigenvalue weighted by Crippen LogP contribution is 2.34. The van der Waals surface area contributed by atoms with Gasteiger partial charge in [0, 0.05) is 0 Å². The third kappa shape index (κ3) is 3.30. The molecule has 0 saturated heterocycles. The van der Waals surface area contributed by atoms with E-state index >= 15 is 0 Å². The molecule has 0 unspecified atom stereocenters. The highest BCUT2D eigenvalue weighted by Gasteiger charge is 2.31. The van der Waals surface area contributed by atoms with Crippen LogP contribution in [0, 0.1) is 0 Å². The average Bonchev–Trinajstić information content (AvgIpc) is 2.04. The molecule has 0 aliphatic carbocycles. The molecule has 0 heterocycles. The van der Waals surface area contributed by atoms with E-state index in [-0.39, 0.29) is 0 Å². The standard InChI is InChI=1S/C8H8F3NO3S/c1-16(14,15)12-6-4-5(8(9,10)11)2-3-7(6)13/h2-4,12-13H,1H3. The molecule has 0 aliphatic heterocycles. The second-order valence-corrected chi connectivity index (χ2v) is 4.85. The Hall–Kier alpha value is -1.44. The minimum absolute atomic E-state index is 0.502. The molecule has 4 nitrogen and oxygen atoms in total. The molecule has 2 N–H and O–H groups in total. The number of alkyl halides is 3. The van der Waals surface area contributed by atoms with Gasteiger partial charge in [0.2, 0.25) is 10.0 Å². The monoisotopic (exact) mass is 255 g/mol. The van der Waals surface area contributed by atoms with Crippen LogP contribution in [0.5, 0.6) is 5.75 Å². The van der Waals surface area contributed by atoms with Gasteiger partial charge in [-0.1, -0.05) is 0 Å². The van der Waals surface area contributed by atoms with Gasteiger partial charge in [0.05, 0.1) is 17.5 Å². The fraction of sp³-hybridized carbons (Fsp3) is 0.250. The lowest BCUT2D eigenvalue weighted by molar-refractivity contribution is -0.137. The number of hydrogen-bond acceptors (Lipinski definition) is 3. The summed E-state index contributed by atoms with van der Waals surface area (Å²) < 4.78 is 60.2. The number of phenolic OH excluding ortho intramolecular Hbond substituents is 1. The maximum absolute atomic E-state index is 12.3. The first-order valence-electron chi connectivity index (χ1n) is 3.97. The summed E-state index contributed by atoms with van der Waals surface area (Å²) >= 11 is 0. The van der Waals surface area contributed by atoms with Crippen LogP contribution in [0.3, 0.4) is 0 Å². The van der Waals surface area contributed by atoms with Crippen LogP contribution in [0.15, 0.2) is 18.2 Å². The minimum atomic E-state index is -4.60. The molecule has 1 rings (SSSR count). The van der Waals surface area contributed by atoms with E-state index in [9.17, 15) is 21.6 Å². The predicted octanol–water partition coefficient (Wildman–Crippen LogP) is 1.78. The molecule has 90 valence electrons. The molecule has 0 saturated carbocycles. The SMILES string of the molecule is CS(=O)(=O)Nc1cc(C(F)(F)F)ccc1O.